The van der Waals surface area contributed by atoms with Gasteiger partial charge in [-0.2, -0.15) is 5.10 Å². The molecule has 3 aromatic rings. The lowest BCUT2D eigenvalue weighted by atomic mass is 10.2. The van der Waals surface area contributed by atoms with Gasteiger partial charge in [-0.1, -0.05) is 12.1 Å². The Hall–Kier alpha value is -3.75. The van der Waals surface area contributed by atoms with Gasteiger partial charge in [-0.05, 0) is 37.3 Å². The normalized spacial score (nSPS) is 10.5. The molecule has 1 aromatic heterocycles. The number of benzene rings is 2. The molecule has 0 aliphatic heterocycles. The van der Waals surface area contributed by atoms with Crippen LogP contribution in [0.1, 0.15) is 12.1 Å². The van der Waals surface area contributed by atoms with E-state index < -0.39 is 4.92 Å². The largest absolute Gasteiger partial charge is 0.379 e. The third-order valence-corrected chi connectivity index (χ3v) is 3.94. The smallest absolute Gasteiger partial charge is 0.292 e. The molecule has 3 rings (SSSR count). The van der Waals surface area contributed by atoms with E-state index in [4.69, 9.17) is 0 Å². The van der Waals surface area contributed by atoms with E-state index in [1.165, 1.54) is 22.9 Å². The highest BCUT2D eigenvalue weighted by molar-refractivity contribution is 5.90. The molecule has 1 heterocycles. The monoisotopic (exact) mass is 383 g/mol. The molecule has 0 aliphatic carbocycles. The van der Waals surface area contributed by atoms with Gasteiger partial charge in [0.2, 0.25) is 5.91 Å². The van der Waals surface area contributed by atoms with Crippen LogP contribution in [0.15, 0.2) is 54.6 Å². The van der Waals surface area contributed by atoms with Crippen molar-refractivity contribution in [3.05, 3.63) is 76.2 Å². The SMILES string of the molecule is Cc1cc(NC(=O)CCNc2ccccc2[N+](=O)[O-])n(-c2ccc(F)cc2)n1. The van der Waals surface area contributed by atoms with Crippen LogP contribution < -0.4 is 10.6 Å². The van der Waals surface area contributed by atoms with Gasteiger partial charge >= 0.3 is 0 Å². The zero-order valence-corrected chi connectivity index (χ0v) is 15.1. The van der Waals surface area contributed by atoms with E-state index in [0.717, 1.165) is 0 Å². The molecule has 0 saturated heterocycles. The summed E-state index contributed by atoms with van der Waals surface area (Å²) in [7, 11) is 0. The van der Waals surface area contributed by atoms with Crippen molar-refractivity contribution in [3.8, 4) is 5.69 Å². The first kappa shape index (κ1) is 19.0. The molecule has 0 atom stereocenters. The zero-order valence-electron chi connectivity index (χ0n) is 15.1. The minimum absolute atomic E-state index is 0.0482. The minimum Gasteiger partial charge on any atom is -0.379 e. The maximum atomic E-state index is 13.1. The fraction of sp³-hybridized carbons (Fsp3) is 0.158. The molecule has 0 radical (unpaired) electrons. The van der Waals surface area contributed by atoms with Crippen molar-refractivity contribution in [1.29, 1.82) is 0 Å². The Kier molecular flexibility index (Phi) is 5.64. The molecule has 2 aromatic carbocycles. The van der Waals surface area contributed by atoms with E-state index in [1.54, 1.807) is 43.3 Å². The van der Waals surface area contributed by atoms with E-state index in [1.807, 2.05) is 0 Å². The number of rotatable bonds is 7. The topological polar surface area (TPSA) is 102 Å². The zero-order chi connectivity index (χ0) is 20.1. The van der Waals surface area contributed by atoms with Crippen LogP contribution in [0.2, 0.25) is 0 Å². The Morgan fingerprint density at radius 2 is 1.93 bits per heavy atom. The Bertz CT molecular complexity index is 1000. The summed E-state index contributed by atoms with van der Waals surface area (Å²) in [5.74, 6) is -0.187. The Morgan fingerprint density at radius 3 is 2.64 bits per heavy atom. The van der Waals surface area contributed by atoms with Crippen LogP contribution in [0.3, 0.4) is 0 Å². The van der Waals surface area contributed by atoms with Crippen molar-refractivity contribution >= 4 is 23.1 Å². The molecule has 0 fully saturated rings. The number of halogens is 1. The van der Waals surface area contributed by atoms with Crippen LogP contribution in [0.25, 0.3) is 5.69 Å². The Balaban J connectivity index is 1.63. The minimum atomic E-state index is -0.480. The van der Waals surface area contributed by atoms with Gasteiger partial charge in [0.05, 0.1) is 16.3 Å². The van der Waals surface area contributed by atoms with Crippen LogP contribution in [0.5, 0.6) is 0 Å². The number of anilines is 2. The second-order valence-electron chi connectivity index (χ2n) is 6.06. The Labute approximate surface area is 160 Å². The summed E-state index contributed by atoms with van der Waals surface area (Å²) in [6.07, 6.45) is 0.0969. The second kappa shape index (κ2) is 8.30. The predicted molar refractivity (Wildman–Crippen MR) is 103 cm³/mol. The molecule has 144 valence electrons. The van der Waals surface area contributed by atoms with E-state index in [-0.39, 0.29) is 30.4 Å². The molecule has 1 amide bonds. The molecule has 9 heteroatoms. The number of hydrogen-bond donors (Lipinski definition) is 2. The summed E-state index contributed by atoms with van der Waals surface area (Å²) in [5, 5.41) is 21.0. The second-order valence-corrected chi connectivity index (χ2v) is 6.06. The molecular formula is C19H18FN5O3. The van der Waals surface area contributed by atoms with Gasteiger partial charge in [0.25, 0.3) is 5.69 Å². The first-order valence-corrected chi connectivity index (χ1v) is 8.54. The third-order valence-electron chi connectivity index (χ3n) is 3.94. The molecular weight excluding hydrogens is 365 g/mol. The number of aryl methyl sites for hydroxylation is 1. The average Bonchev–Trinajstić information content (AvgIpc) is 3.02. The fourth-order valence-electron chi connectivity index (χ4n) is 2.67. The quantitative estimate of drug-likeness (QED) is 0.479. The van der Waals surface area contributed by atoms with Gasteiger partial charge in [-0.15, -0.1) is 0 Å². The maximum absolute atomic E-state index is 13.1. The number of nitro benzene ring substituents is 1. The first-order chi connectivity index (χ1) is 13.4. The van der Waals surface area contributed by atoms with Crippen molar-refractivity contribution in [2.24, 2.45) is 0 Å². The predicted octanol–water partition coefficient (Wildman–Crippen LogP) is 3.67. The molecule has 0 bridgehead atoms. The lowest BCUT2D eigenvalue weighted by Crippen LogP contribution is -2.18. The maximum Gasteiger partial charge on any atom is 0.292 e. The molecule has 8 nitrogen and oxygen atoms in total. The first-order valence-electron chi connectivity index (χ1n) is 8.54. The van der Waals surface area contributed by atoms with E-state index in [0.29, 0.717) is 22.9 Å². The van der Waals surface area contributed by atoms with Gasteiger partial charge in [-0.3, -0.25) is 14.9 Å². The third kappa shape index (κ3) is 4.50. The van der Waals surface area contributed by atoms with Crippen LogP contribution >= 0.6 is 0 Å². The number of carbonyl (C=O) groups excluding carboxylic acids is 1. The summed E-state index contributed by atoms with van der Waals surface area (Å²) in [5.41, 5.74) is 1.61. The van der Waals surface area contributed by atoms with Crippen molar-refractivity contribution in [3.63, 3.8) is 0 Å². The van der Waals surface area contributed by atoms with E-state index >= 15 is 0 Å². The number of hydrogen-bond acceptors (Lipinski definition) is 5. The molecule has 0 aliphatic rings. The molecule has 0 spiro atoms. The van der Waals surface area contributed by atoms with Crippen molar-refractivity contribution in [1.82, 2.24) is 9.78 Å². The fourth-order valence-corrected chi connectivity index (χ4v) is 2.67. The number of amides is 1. The highest BCUT2D eigenvalue weighted by Crippen LogP contribution is 2.23. The highest BCUT2D eigenvalue weighted by atomic mass is 19.1. The van der Waals surface area contributed by atoms with Gasteiger partial charge < -0.3 is 10.6 Å². The summed E-state index contributed by atoms with van der Waals surface area (Å²) in [4.78, 5) is 22.8. The summed E-state index contributed by atoms with van der Waals surface area (Å²) in [6, 6.07) is 13.7. The number of para-hydroxylation sites is 2. The molecule has 0 unspecified atom stereocenters. The number of aromatic nitrogens is 2. The van der Waals surface area contributed by atoms with E-state index in [2.05, 4.69) is 15.7 Å². The molecule has 2 N–H and O–H groups in total. The van der Waals surface area contributed by atoms with Crippen LogP contribution in [-0.4, -0.2) is 27.2 Å². The average molecular weight is 383 g/mol. The van der Waals surface area contributed by atoms with E-state index in [9.17, 15) is 19.3 Å². The summed E-state index contributed by atoms with van der Waals surface area (Å²) < 4.78 is 14.6. The molecule has 0 saturated carbocycles. The number of nitro groups is 1. The van der Waals surface area contributed by atoms with Gasteiger partial charge in [0.15, 0.2) is 0 Å². The van der Waals surface area contributed by atoms with Crippen molar-refractivity contribution < 1.29 is 14.1 Å². The number of nitrogens with one attached hydrogen (secondary N) is 2. The number of carbonyl (C=O) groups is 1. The van der Waals surface area contributed by atoms with Gasteiger partial charge in [0, 0.05) is 25.1 Å². The van der Waals surface area contributed by atoms with Crippen molar-refractivity contribution in [2.75, 3.05) is 17.2 Å². The highest BCUT2D eigenvalue weighted by Gasteiger charge is 2.14. The lowest BCUT2D eigenvalue weighted by Gasteiger charge is -2.10. The van der Waals surface area contributed by atoms with Crippen LogP contribution in [-0.2, 0) is 4.79 Å². The van der Waals surface area contributed by atoms with Crippen LogP contribution in [0, 0.1) is 22.9 Å². The summed E-state index contributed by atoms with van der Waals surface area (Å²) >= 11 is 0. The summed E-state index contributed by atoms with van der Waals surface area (Å²) in [6.45, 7) is 2.01. The van der Waals surface area contributed by atoms with Crippen molar-refractivity contribution in [2.45, 2.75) is 13.3 Å². The lowest BCUT2D eigenvalue weighted by molar-refractivity contribution is -0.384. The van der Waals surface area contributed by atoms with Gasteiger partial charge in [-0.25, -0.2) is 9.07 Å². The Morgan fingerprint density at radius 1 is 1.21 bits per heavy atom. The number of nitrogens with zero attached hydrogens (tertiary/aromatic N) is 3. The van der Waals surface area contributed by atoms with Gasteiger partial charge in [0.1, 0.15) is 17.3 Å². The van der Waals surface area contributed by atoms with Crippen LogP contribution in [0.4, 0.5) is 21.6 Å². The standard InChI is InChI=1S/C19H18FN5O3/c1-13-12-18(24(23-13)15-8-6-14(20)7-9-15)22-19(26)10-11-21-16-4-2-3-5-17(16)25(27)28/h2-9,12,21H,10-11H2,1H3,(H,22,26). The molecule has 28 heavy (non-hydrogen) atoms.